The summed E-state index contributed by atoms with van der Waals surface area (Å²) < 4.78 is 0. The molecule has 0 spiro atoms. The molecule has 294 valence electrons. The van der Waals surface area contributed by atoms with Gasteiger partial charge in [-0.1, -0.05) is 140 Å². The predicted molar refractivity (Wildman–Crippen MR) is 255 cm³/mol. The Morgan fingerprint density at radius 2 is 1.21 bits per heavy atom. The minimum absolute atomic E-state index is 0.462. The van der Waals surface area contributed by atoms with Gasteiger partial charge in [0.15, 0.2) is 5.82 Å². The number of pyridine rings is 2. The number of allylic oxidation sites excluding steroid dienone is 4. The molecule has 3 aliphatic rings. The first-order valence-electron chi connectivity index (χ1n) is 21.6. The number of aromatic nitrogens is 4. The monoisotopic (exact) mass is 795 g/mol. The fraction of sp³-hybridized carbons (Fsp3) is 0.105. The van der Waals surface area contributed by atoms with Crippen LogP contribution in [0.15, 0.2) is 181 Å². The molecule has 5 heteroatoms. The van der Waals surface area contributed by atoms with Gasteiger partial charge in [-0.05, 0) is 118 Å². The maximum absolute atomic E-state index is 5.40. The Bertz CT molecular complexity index is 3350. The Labute approximate surface area is 361 Å². The summed E-state index contributed by atoms with van der Waals surface area (Å²) in [7, 11) is 0. The van der Waals surface area contributed by atoms with Crippen molar-refractivity contribution < 1.29 is 0 Å². The van der Waals surface area contributed by atoms with Crippen LogP contribution < -0.4 is 0 Å². The maximum atomic E-state index is 5.40. The van der Waals surface area contributed by atoms with E-state index in [0.29, 0.717) is 11.8 Å². The molecule has 1 aliphatic heterocycles. The number of benzene rings is 6. The summed E-state index contributed by atoms with van der Waals surface area (Å²) in [5.41, 5.74) is 19.8. The van der Waals surface area contributed by atoms with Crippen molar-refractivity contribution in [2.75, 3.05) is 6.54 Å². The summed E-state index contributed by atoms with van der Waals surface area (Å²) in [5.74, 6) is 1.71. The van der Waals surface area contributed by atoms with Gasteiger partial charge in [0.25, 0.3) is 0 Å². The van der Waals surface area contributed by atoms with Crippen molar-refractivity contribution in [3.63, 3.8) is 0 Å². The van der Waals surface area contributed by atoms with E-state index < -0.39 is 0 Å². The number of aliphatic imine (C=N–C) groups is 1. The van der Waals surface area contributed by atoms with Crippen molar-refractivity contribution in [1.29, 1.82) is 0 Å². The first-order chi connectivity index (χ1) is 30.6. The number of fused-ring (bicyclic) bond motifs is 5. The van der Waals surface area contributed by atoms with Crippen molar-refractivity contribution in [2.24, 2.45) is 16.8 Å². The summed E-state index contributed by atoms with van der Waals surface area (Å²) in [6.45, 7) is 2.88. The summed E-state index contributed by atoms with van der Waals surface area (Å²) >= 11 is 0. The van der Waals surface area contributed by atoms with Gasteiger partial charge in [-0.25, -0.2) is 15.0 Å². The van der Waals surface area contributed by atoms with Gasteiger partial charge in [0.05, 0.1) is 28.1 Å². The van der Waals surface area contributed by atoms with E-state index in [4.69, 9.17) is 19.9 Å². The number of hydrogen-bond donors (Lipinski definition) is 0. The first-order valence-corrected chi connectivity index (χ1v) is 21.6. The molecule has 0 radical (unpaired) electrons. The molecule has 9 aromatic rings. The van der Waals surface area contributed by atoms with E-state index in [-0.39, 0.29) is 0 Å². The topological polar surface area (TPSA) is 63.9 Å². The van der Waals surface area contributed by atoms with E-state index >= 15 is 0 Å². The predicted octanol–water partition coefficient (Wildman–Crippen LogP) is 13.3. The van der Waals surface area contributed by atoms with Crippen LogP contribution in [0.1, 0.15) is 34.5 Å². The second kappa shape index (κ2) is 14.8. The highest BCUT2D eigenvalue weighted by molar-refractivity contribution is 6.09. The van der Waals surface area contributed by atoms with Gasteiger partial charge >= 0.3 is 0 Å². The Morgan fingerprint density at radius 3 is 2.05 bits per heavy atom. The van der Waals surface area contributed by atoms with Crippen LogP contribution in [0.25, 0.3) is 89.1 Å². The molecular weight excluding hydrogens is 755 g/mol. The highest BCUT2D eigenvalue weighted by Gasteiger charge is 2.42. The molecule has 1 fully saturated rings. The molecule has 0 amide bonds. The molecule has 5 nitrogen and oxygen atoms in total. The van der Waals surface area contributed by atoms with Crippen LogP contribution in [0.5, 0.6) is 0 Å². The molecule has 6 aromatic carbocycles. The van der Waals surface area contributed by atoms with Crippen LogP contribution in [0, 0.1) is 18.8 Å². The molecule has 2 unspecified atom stereocenters. The molecule has 0 N–H and O–H groups in total. The average Bonchev–Trinajstić information content (AvgIpc) is 4.14. The van der Waals surface area contributed by atoms with Crippen molar-refractivity contribution >= 4 is 39.2 Å². The number of rotatable bonds is 7. The second-order valence-corrected chi connectivity index (χ2v) is 16.8. The van der Waals surface area contributed by atoms with Crippen molar-refractivity contribution in [3.8, 4) is 56.2 Å². The zero-order valence-electron chi connectivity index (χ0n) is 34.3. The highest BCUT2D eigenvalue weighted by atomic mass is 14.9. The molecule has 0 bridgehead atoms. The second-order valence-electron chi connectivity index (χ2n) is 16.8. The van der Waals surface area contributed by atoms with E-state index in [9.17, 15) is 0 Å². The summed E-state index contributed by atoms with van der Waals surface area (Å²) in [6.07, 6.45) is 9.04. The van der Waals surface area contributed by atoms with Crippen LogP contribution in [0.3, 0.4) is 0 Å². The van der Waals surface area contributed by atoms with Crippen LogP contribution in [-0.2, 0) is 6.42 Å². The molecule has 2 atom stereocenters. The van der Waals surface area contributed by atoms with Gasteiger partial charge < -0.3 is 0 Å². The summed E-state index contributed by atoms with van der Waals surface area (Å²) in [6, 6.07) is 58.1. The highest BCUT2D eigenvalue weighted by Crippen LogP contribution is 2.54. The minimum Gasteiger partial charge on any atom is -0.292 e. The van der Waals surface area contributed by atoms with E-state index in [1.54, 1.807) is 0 Å². The van der Waals surface area contributed by atoms with Crippen LogP contribution in [-0.4, -0.2) is 32.7 Å². The lowest BCUT2D eigenvalue weighted by molar-refractivity contribution is 0.945. The lowest BCUT2D eigenvalue weighted by atomic mass is 9.87. The molecule has 2 aliphatic carbocycles. The fourth-order valence-corrected chi connectivity index (χ4v) is 9.51. The molecule has 12 rings (SSSR count). The lowest BCUT2D eigenvalue weighted by Gasteiger charge is -2.20. The number of nitrogens with zero attached hydrogens (tertiary/aromatic N) is 5. The Morgan fingerprint density at radius 1 is 0.516 bits per heavy atom. The van der Waals surface area contributed by atoms with E-state index in [2.05, 4.69) is 181 Å². The third kappa shape index (κ3) is 6.54. The Hall–Kier alpha value is -7.63. The van der Waals surface area contributed by atoms with Crippen molar-refractivity contribution in [1.82, 2.24) is 19.9 Å². The quantitative estimate of drug-likeness (QED) is 0.151. The lowest BCUT2D eigenvalue weighted by Crippen LogP contribution is -2.08. The third-order valence-electron chi connectivity index (χ3n) is 12.8. The van der Waals surface area contributed by atoms with Gasteiger partial charge in [0.2, 0.25) is 0 Å². The van der Waals surface area contributed by atoms with E-state index in [1.165, 1.54) is 27.8 Å². The van der Waals surface area contributed by atoms with E-state index in [0.717, 1.165) is 109 Å². The number of hydrogen-bond acceptors (Lipinski definition) is 5. The SMILES string of the molecule is Cc1ccc2ccc3c(-c4ccccc4)cc(-c4cccc(-c5cccc(-c6nc(C7=CC(c8cccc9c8CCN=C9)=CC8CC78)cc(-c7ccccc7)n6)c5)c4)nc3c2n1. The standard InChI is InChI=1S/C57H41N5/c1-35-21-22-38-23-24-48-50(36-11-4-2-5-12-36)32-52(60-56(48)55(38)59-35)41-17-8-15-39(27-41)40-16-9-18-42(28-40)57-61-53(37-13-6-3-7-14-37)33-54(62-57)51-31-44(29-45-30-49(45)51)46-20-10-19-43-34-58-26-25-47(43)46/h2-24,27-29,31-34,45,49H,25-26,30H2,1H3. The fourth-order valence-electron chi connectivity index (χ4n) is 9.51. The zero-order valence-corrected chi connectivity index (χ0v) is 34.3. The Balaban J connectivity index is 0.957. The zero-order chi connectivity index (χ0) is 41.1. The molecule has 3 aromatic heterocycles. The molecule has 4 heterocycles. The molecule has 1 saturated carbocycles. The normalized spacial score (nSPS) is 16.4. The van der Waals surface area contributed by atoms with Gasteiger partial charge in [0.1, 0.15) is 0 Å². The average molecular weight is 796 g/mol. The van der Waals surface area contributed by atoms with Gasteiger partial charge in [-0.3, -0.25) is 9.98 Å². The van der Waals surface area contributed by atoms with Crippen molar-refractivity contribution in [3.05, 3.63) is 204 Å². The van der Waals surface area contributed by atoms with E-state index in [1.807, 2.05) is 13.1 Å². The van der Waals surface area contributed by atoms with Gasteiger partial charge in [-0.15, -0.1) is 0 Å². The number of aryl methyl sites for hydroxylation is 1. The Kier molecular flexibility index (Phi) is 8.66. The van der Waals surface area contributed by atoms with Crippen molar-refractivity contribution in [2.45, 2.75) is 19.8 Å². The van der Waals surface area contributed by atoms with Crippen LogP contribution >= 0.6 is 0 Å². The summed E-state index contributed by atoms with van der Waals surface area (Å²) in [5, 5.41) is 2.17. The van der Waals surface area contributed by atoms with Gasteiger partial charge in [0, 0.05) is 45.9 Å². The minimum atomic E-state index is 0.462. The maximum Gasteiger partial charge on any atom is 0.160 e. The molecule has 62 heavy (non-hydrogen) atoms. The molecular formula is C57H41N5. The summed E-state index contributed by atoms with van der Waals surface area (Å²) in [4.78, 5) is 25.6. The third-order valence-corrected chi connectivity index (χ3v) is 12.8. The van der Waals surface area contributed by atoms with Crippen LogP contribution in [0.4, 0.5) is 0 Å². The largest absolute Gasteiger partial charge is 0.292 e. The van der Waals surface area contributed by atoms with Gasteiger partial charge in [-0.2, -0.15) is 0 Å². The smallest absolute Gasteiger partial charge is 0.160 e. The first kappa shape index (κ1) is 36.2. The van der Waals surface area contributed by atoms with Crippen LogP contribution in [0.2, 0.25) is 0 Å². The molecule has 0 saturated heterocycles.